The van der Waals surface area contributed by atoms with E-state index >= 15 is 0 Å². The van der Waals surface area contributed by atoms with Gasteiger partial charge in [0.1, 0.15) is 0 Å². The minimum absolute atomic E-state index is 0.359. The van der Waals surface area contributed by atoms with Crippen LogP contribution < -0.4 is 5.32 Å². The summed E-state index contributed by atoms with van der Waals surface area (Å²) in [6, 6.07) is 0.691. The van der Waals surface area contributed by atoms with Crippen molar-refractivity contribution in [3.8, 4) is 0 Å². The zero-order chi connectivity index (χ0) is 9.90. The van der Waals surface area contributed by atoms with Gasteiger partial charge in [-0.2, -0.15) is 11.8 Å². The SMILES string of the molecule is COC1CC(NCC(C)(C)SC)C1. The number of rotatable bonds is 5. The van der Waals surface area contributed by atoms with Gasteiger partial charge in [-0.3, -0.25) is 0 Å². The molecule has 1 aliphatic rings. The number of thioether (sulfide) groups is 1. The Morgan fingerprint density at radius 3 is 2.54 bits per heavy atom. The average Bonchev–Trinajstić information content (AvgIpc) is 2.02. The Labute approximate surface area is 85.8 Å². The molecule has 0 saturated heterocycles. The number of ether oxygens (including phenoxy) is 1. The molecular formula is C10H21NOS. The van der Waals surface area contributed by atoms with Crippen LogP contribution in [0, 0.1) is 0 Å². The van der Waals surface area contributed by atoms with E-state index < -0.39 is 0 Å². The third-order valence-corrected chi connectivity index (χ3v) is 4.05. The first-order valence-electron chi connectivity index (χ1n) is 4.89. The summed E-state index contributed by atoms with van der Waals surface area (Å²) in [4.78, 5) is 0. The lowest BCUT2D eigenvalue weighted by molar-refractivity contribution is 0.0171. The van der Waals surface area contributed by atoms with Crippen LogP contribution in [0.4, 0.5) is 0 Å². The van der Waals surface area contributed by atoms with Crippen molar-refractivity contribution in [3.05, 3.63) is 0 Å². The van der Waals surface area contributed by atoms with E-state index in [1.54, 1.807) is 7.11 Å². The van der Waals surface area contributed by atoms with Gasteiger partial charge >= 0.3 is 0 Å². The molecule has 0 aliphatic heterocycles. The van der Waals surface area contributed by atoms with Crippen molar-refractivity contribution in [2.24, 2.45) is 0 Å². The van der Waals surface area contributed by atoms with Crippen molar-refractivity contribution in [1.29, 1.82) is 0 Å². The molecule has 1 saturated carbocycles. The van der Waals surface area contributed by atoms with Crippen molar-refractivity contribution in [3.63, 3.8) is 0 Å². The van der Waals surface area contributed by atoms with E-state index in [9.17, 15) is 0 Å². The summed E-state index contributed by atoms with van der Waals surface area (Å²) in [6.45, 7) is 5.64. The van der Waals surface area contributed by atoms with Crippen LogP contribution in [-0.2, 0) is 4.74 Å². The fourth-order valence-corrected chi connectivity index (χ4v) is 1.61. The van der Waals surface area contributed by atoms with Crippen LogP contribution in [0.3, 0.4) is 0 Å². The number of nitrogens with one attached hydrogen (secondary N) is 1. The first-order chi connectivity index (χ1) is 6.07. The second-order valence-corrected chi connectivity index (χ2v) is 5.88. The average molecular weight is 203 g/mol. The molecule has 0 bridgehead atoms. The first-order valence-corrected chi connectivity index (χ1v) is 6.11. The highest BCUT2D eigenvalue weighted by molar-refractivity contribution is 7.99. The second-order valence-electron chi connectivity index (χ2n) is 4.37. The third kappa shape index (κ3) is 3.49. The van der Waals surface area contributed by atoms with E-state index in [0.29, 0.717) is 16.9 Å². The van der Waals surface area contributed by atoms with Crippen molar-refractivity contribution >= 4 is 11.8 Å². The van der Waals surface area contributed by atoms with E-state index in [-0.39, 0.29) is 0 Å². The van der Waals surface area contributed by atoms with E-state index in [2.05, 4.69) is 25.4 Å². The van der Waals surface area contributed by atoms with E-state index in [1.165, 1.54) is 12.8 Å². The van der Waals surface area contributed by atoms with Crippen LogP contribution in [-0.4, -0.2) is 36.8 Å². The van der Waals surface area contributed by atoms with Gasteiger partial charge in [0.05, 0.1) is 6.10 Å². The maximum Gasteiger partial charge on any atom is 0.0601 e. The van der Waals surface area contributed by atoms with Gasteiger partial charge in [-0.25, -0.2) is 0 Å². The van der Waals surface area contributed by atoms with Gasteiger partial charge in [0.2, 0.25) is 0 Å². The summed E-state index contributed by atoms with van der Waals surface area (Å²) in [5.41, 5.74) is 0. The molecule has 0 aromatic rings. The fourth-order valence-electron chi connectivity index (χ4n) is 1.39. The van der Waals surface area contributed by atoms with Gasteiger partial charge in [-0.15, -0.1) is 0 Å². The summed E-state index contributed by atoms with van der Waals surface area (Å²) < 4.78 is 5.59. The lowest BCUT2D eigenvalue weighted by Gasteiger charge is -2.37. The van der Waals surface area contributed by atoms with Crippen molar-refractivity contribution < 1.29 is 4.74 Å². The summed E-state index contributed by atoms with van der Waals surface area (Å²) in [7, 11) is 1.80. The molecule has 3 heteroatoms. The van der Waals surface area contributed by atoms with E-state index in [0.717, 1.165) is 6.54 Å². The monoisotopic (exact) mass is 203 g/mol. The second kappa shape index (κ2) is 4.67. The summed E-state index contributed by atoms with van der Waals surface area (Å²) >= 11 is 1.92. The molecule has 1 aliphatic carbocycles. The molecule has 1 rings (SSSR count). The lowest BCUT2D eigenvalue weighted by Crippen LogP contribution is -2.48. The highest BCUT2D eigenvalue weighted by Crippen LogP contribution is 2.25. The molecule has 0 amide bonds. The smallest absolute Gasteiger partial charge is 0.0601 e. The Morgan fingerprint density at radius 2 is 2.08 bits per heavy atom. The molecule has 13 heavy (non-hydrogen) atoms. The fraction of sp³-hybridized carbons (Fsp3) is 1.00. The maximum absolute atomic E-state index is 5.23. The van der Waals surface area contributed by atoms with Crippen LogP contribution in [0.5, 0.6) is 0 Å². The van der Waals surface area contributed by atoms with Gasteiger partial charge in [0.15, 0.2) is 0 Å². The molecule has 2 nitrogen and oxygen atoms in total. The van der Waals surface area contributed by atoms with Gasteiger partial charge in [0, 0.05) is 24.4 Å². The van der Waals surface area contributed by atoms with E-state index in [1.807, 2.05) is 11.8 Å². The Balaban J connectivity index is 2.08. The van der Waals surface area contributed by atoms with E-state index in [4.69, 9.17) is 4.74 Å². The molecule has 1 fully saturated rings. The molecular weight excluding hydrogens is 182 g/mol. The Hall–Kier alpha value is 0.270. The predicted molar refractivity (Wildman–Crippen MR) is 59.4 cm³/mol. The Bertz CT molecular complexity index is 155. The Kier molecular flexibility index (Phi) is 4.07. The van der Waals surface area contributed by atoms with Crippen molar-refractivity contribution in [1.82, 2.24) is 5.32 Å². The zero-order valence-electron chi connectivity index (χ0n) is 9.09. The molecule has 0 unspecified atom stereocenters. The number of hydrogen-bond acceptors (Lipinski definition) is 3. The minimum atomic E-state index is 0.359. The largest absolute Gasteiger partial charge is 0.381 e. The predicted octanol–water partition coefficient (Wildman–Crippen LogP) is 1.89. The molecule has 0 spiro atoms. The van der Waals surface area contributed by atoms with Crippen LogP contribution in [0.15, 0.2) is 0 Å². The lowest BCUT2D eigenvalue weighted by atomic mass is 9.89. The van der Waals surface area contributed by atoms with Gasteiger partial charge in [0.25, 0.3) is 0 Å². The highest BCUT2D eigenvalue weighted by atomic mass is 32.2. The normalized spacial score (nSPS) is 28.6. The molecule has 0 aromatic carbocycles. The molecule has 0 radical (unpaired) electrons. The molecule has 78 valence electrons. The van der Waals surface area contributed by atoms with Crippen LogP contribution >= 0.6 is 11.8 Å². The number of methoxy groups -OCH3 is 1. The van der Waals surface area contributed by atoms with Gasteiger partial charge in [-0.1, -0.05) is 0 Å². The third-order valence-electron chi connectivity index (χ3n) is 2.80. The van der Waals surface area contributed by atoms with Gasteiger partial charge in [-0.05, 0) is 32.9 Å². The number of hydrogen-bond donors (Lipinski definition) is 1. The molecule has 0 atom stereocenters. The van der Waals surface area contributed by atoms with Crippen molar-refractivity contribution in [2.75, 3.05) is 19.9 Å². The quantitative estimate of drug-likeness (QED) is 0.737. The van der Waals surface area contributed by atoms with Gasteiger partial charge < -0.3 is 10.1 Å². The van der Waals surface area contributed by atoms with Crippen LogP contribution in [0.1, 0.15) is 26.7 Å². The summed E-state index contributed by atoms with van der Waals surface area (Å²) in [5, 5.41) is 3.57. The van der Waals surface area contributed by atoms with Crippen molar-refractivity contribution in [2.45, 2.75) is 43.6 Å². The molecule has 0 heterocycles. The maximum atomic E-state index is 5.23. The Morgan fingerprint density at radius 1 is 1.46 bits per heavy atom. The highest BCUT2D eigenvalue weighted by Gasteiger charge is 2.29. The zero-order valence-corrected chi connectivity index (χ0v) is 9.91. The minimum Gasteiger partial charge on any atom is -0.381 e. The molecule has 0 aromatic heterocycles. The van der Waals surface area contributed by atoms with Crippen LogP contribution in [0.2, 0.25) is 0 Å². The standard InChI is InChI=1S/C10H21NOS/c1-10(2,13-4)7-11-8-5-9(6-8)12-3/h8-9,11H,5-7H2,1-4H3. The summed E-state index contributed by atoms with van der Waals surface area (Å²) in [6.07, 6.45) is 5.04. The molecule has 1 N–H and O–H groups in total. The first kappa shape index (κ1) is 11.3. The topological polar surface area (TPSA) is 21.3 Å². The summed E-state index contributed by atoms with van der Waals surface area (Å²) in [5.74, 6) is 0. The van der Waals surface area contributed by atoms with Crippen LogP contribution in [0.25, 0.3) is 0 Å².